The van der Waals surface area contributed by atoms with Crippen LogP contribution in [-0.4, -0.2) is 42.4 Å². The van der Waals surface area contributed by atoms with Crippen LogP contribution in [0, 0.1) is 62.6 Å². The van der Waals surface area contributed by atoms with Gasteiger partial charge in [-0.05, 0) is 123 Å². The van der Waals surface area contributed by atoms with Gasteiger partial charge in [-0.2, -0.15) is 0 Å². The Hall–Kier alpha value is -1.79. The second kappa shape index (κ2) is 10.7. The molecule has 0 heterocycles. The van der Waals surface area contributed by atoms with Gasteiger partial charge in [0, 0.05) is 5.41 Å². The van der Waals surface area contributed by atoms with Gasteiger partial charge in [0.1, 0.15) is 12.6 Å². The Morgan fingerprint density at radius 1 is 0.857 bits per heavy atom. The number of carboxylic acids is 1. The number of rotatable bonds is 6. The highest BCUT2D eigenvalue weighted by Gasteiger charge is 2.72. The summed E-state index contributed by atoms with van der Waals surface area (Å²) in [7, 11) is 0. The highest BCUT2D eigenvalue weighted by molar-refractivity contribution is 5.86. The first-order valence-electron chi connectivity index (χ1n) is 16.9. The zero-order valence-electron chi connectivity index (χ0n) is 27.5. The molecular weight excluding hydrogens is 530 g/mol. The van der Waals surface area contributed by atoms with Crippen LogP contribution in [0.3, 0.4) is 0 Å². The molecule has 0 aromatic carbocycles. The van der Waals surface area contributed by atoms with Gasteiger partial charge >= 0.3 is 12.1 Å². The zero-order chi connectivity index (χ0) is 30.9. The first-order chi connectivity index (χ1) is 19.6. The van der Waals surface area contributed by atoms with Gasteiger partial charge < -0.3 is 19.9 Å². The molecule has 0 radical (unpaired) electrons. The summed E-state index contributed by atoms with van der Waals surface area (Å²) in [4.78, 5) is 37.6. The average Bonchev–Trinajstić information content (AvgIpc) is 3.31. The lowest BCUT2D eigenvalue weighted by atomic mass is 9.32. The highest BCUT2D eigenvalue weighted by atomic mass is 16.7. The smallest absolute Gasteiger partial charge is 0.480 e. The molecule has 0 spiro atoms. The minimum atomic E-state index is -0.973. The summed E-state index contributed by atoms with van der Waals surface area (Å²) in [6.45, 7) is 18.8. The number of ether oxygens (including phenoxy) is 2. The Morgan fingerprint density at radius 3 is 2.21 bits per heavy atom. The number of aliphatic carboxylic acids is 1. The van der Waals surface area contributed by atoms with E-state index in [0.29, 0.717) is 42.1 Å². The lowest BCUT2D eigenvalue weighted by Gasteiger charge is -2.73. The van der Waals surface area contributed by atoms with Gasteiger partial charge in [0.25, 0.3) is 0 Å². The topological polar surface area (TPSA) is 102 Å². The van der Waals surface area contributed by atoms with Crippen LogP contribution in [0.1, 0.15) is 120 Å². The van der Waals surface area contributed by atoms with Gasteiger partial charge in [-0.15, -0.1) is 0 Å². The summed E-state index contributed by atoms with van der Waals surface area (Å²) >= 11 is 0. The van der Waals surface area contributed by atoms with Crippen LogP contribution < -0.4 is 5.32 Å². The minimum Gasteiger partial charge on any atom is -0.480 e. The third-order valence-corrected chi connectivity index (χ3v) is 14.6. The van der Waals surface area contributed by atoms with Gasteiger partial charge in [0.2, 0.25) is 5.91 Å². The first-order valence-corrected chi connectivity index (χ1v) is 16.9. The van der Waals surface area contributed by atoms with Crippen LogP contribution in [0.5, 0.6) is 0 Å². The van der Waals surface area contributed by atoms with Crippen molar-refractivity contribution in [1.29, 1.82) is 0 Å². The third-order valence-electron chi connectivity index (χ3n) is 14.6. The van der Waals surface area contributed by atoms with Crippen molar-refractivity contribution in [3.8, 4) is 0 Å². The molecule has 5 aliphatic rings. The molecule has 238 valence electrons. The van der Waals surface area contributed by atoms with E-state index in [1.165, 1.54) is 6.42 Å². The maximum atomic E-state index is 13.9. The molecule has 5 saturated carbocycles. The second-order valence-corrected chi connectivity index (χ2v) is 16.5. The van der Waals surface area contributed by atoms with Gasteiger partial charge in [-0.1, -0.05) is 48.5 Å². The molecule has 5 aliphatic carbocycles. The van der Waals surface area contributed by atoms with Gasteiger partial charge in [-0.25, -0.2) is 4.79 Å². The Labute approximate surface area is 253 Å². The van der Waals surface area contributed by atoms with Crippen molar-refractivity contribution in [3.63, 3.8) is 0 Å². The maximum Gasteiger partial charge on any atom is 0.508 e. The zero-order valence-corrected chi connectivity index (χ0v) is 27.5. The van der Waals surface area contributed by atoms with Crippen LogP contribution in [0.2, 0.25) is 0 Å². The number of carbonyl (C=O) groups excluding carboxylic acids is 2. The van der Waals surface area contributed by atoms with Gasteiger partial charge in [0.05, 0.1) is 12.0 Å². The molecule has 0 aromatic rings. The van der Waals surface area contributed by atoms with Crippen molar-refractivity contribution in [2.75, 3.05) is 13.2 Å². The molecule has 10 atom stereocenters. The summed E-state index contributed by atoms with van der Waals surface area (Å²) in [5, 5.41) is 12.2. The number of hydrogen-bond acceptors (Lipinski definition) is 5. The van der Waals surface area contributed by atoms with E-state index < -0.39 is 17.5 Å². The normalized spacial score (nSPS) is 45.5. The predicted octanol–water partition coefficient (Wildman–Crippen LogP) is 7.47. The average molecular weight is 588 g/mol. The summed E-state index contributed by atoms with van der Waals surface area (Å²) in [6.07, 6.45) is 9.72. The highest BCUT2D eigenvalue weighted by Crippen LogP contribution is 2.77. The standard InChI is InChI=1S/C35H57NO6/c1-9-41-30(40)42-26-14-15-32(6)24(31(26,4)5)13-16-34(8)25(32)11-10-23-28-22(21(2)3)12-17-35(28,19-18-33(23,34)7)29(39)36-20-27(37)38/h21-26,28H,9-20H2,1-8H3,(H,36,39)(H,37,38)/t22-,23?,24-,25+,26+,28-,32-,33+,34+,35-/m0/s1. The molecule has 0 aliphatic heterocycles. The Bertz CT molecular complexity index is 1090. The van der Waals surface area contributed by atoms with E-state index in [0.717, 1.165) is 57.8 Å². The van der Waals surface area contributed by atoms with E-state index in [9.17, 15) is 19.5 Å². The second-order valence-electron chi connectivity index (χ2n) is 16.5. The predicted molar refractivity (Wildman–Crippen MR) is 162 cm³/mol. The fourth-order valence-corrected chi connectivity index (χ4v) is 12.6. The molecule has 5 rings (SSSR count). The fourth-order valence-electron chi connectivity index (χ4n) is 12.6. The maximum absolute atomic E-state index is 13.9. The van der Waals surface area contributed by atoms with Gasteiger partial charge in [-0.3, -0.25) is 9.59 Å². The molecule has 42 heavy (non-hydrogen) atoms. The molecular formula is C35H57NO6. The van der Waals surface area contributed by atoms with Crippen LogP contribution >= 0.6 is 0 Å². The van der Waals surface area contributed by atoms with E-state index in [2.05, 4.69) is 53.8 Å². The number of nitrogens with one attached hydrogen (secondary N) is 1. The quantitative estimate of drug-likeness (QED) is 0.313. The monoisotopic (exact) mass is 587 g/mol. The van der Waals surface area contributed by atoms with Crippen molar-refractivity contribution in [3.05, 3.63) is 0 Å². The van der Waals surface area contributed by atoms with Crippen LogP contribution in [0.4, 0.5) is 4.79 Å². The largest absolute Gasteiger partial charge is 0.508 e. The van der Waals surface area contributed by atoms with Crippen LogP contribution in [0.15, 0.2) is 0 Å². The summed E-state index contributed by atoms with van der Waals surface area (Å²) in [6, 6.07) is 0. The Kier molecular flexibility index (Phi) is 8.04. The fraction of sp³-hybridized carbons (Fsp3) is 0.914. The molecule has 5 fully saturated rings. The molecule has 7 nitrogen and oxygen atoms in total. The molecule has 1 unspecified atom stereocenters. The van der Waals surface area contributed by atoms with Gasteiger partial charge in [0.15, 0.2) is 0 Å². The first kappa shape index (κ1) is 31.6. The van der Waals surface area contributed by atoms with Crippen LogP contribution in [0.25, 0.3) is 0 Å². The SMILES string of the molecule is CCOC(=O)O[C@@H]1CC[C@]2(C)[C@H]3CCC4[C@@H]5[C@H](C(C)C)CC[C@]5(C(=O)NCC(=O)O)CC[C@@]4(C)[C@]3(C)CC[C@H]2C1(C)C. The number of carbonyl (C=O) groups is 3. The summed E-state index contributed by atoms with van der Waals surface area (Å²) < 4.78 is 11.1. The Morgan fingerprint density at radius 2 is 1.57 bits per heavy atom. The van der Waals surface area contributed by atoms with Crippen molar-refractivity contribution >= 4 is 18.0 Å². The molecule has 0 aromatic heterocycles. The van der Waals surface area contributed by atoms with E-state index in [1.807, 2.05) is 6.92 Å². The van der Waals surface area contributed by atoms with E-state index in [4.69, 9.17) is 9.47 Å². The third kappa shape index (κ3) is 4.44. The minimum absolute atomic E-state index is 0.00952. The lowest BCUT2D eigenvalue weighted by molar-refractivity contribution is -0.248. The van der Waals surface area contributed by atoms with Crippen molar-refractivity contribution in [2.45, 2.75) is 126 Å². The van der Waals surface area contributed by atoms with Crippen LogP contribution in [-0.2, 0) is 19.1 Å². The summed E-state index contributed by atoms with van der Waals surface area (Å²) in [5.41, 5.74) is -0.106. The lowest BCUT2D eigenvalue weighted by Crippen LogP contribution is -2.67. The van der Waals surface area contributed by atoms with Crippen molar-refractivity contribution < 1.29 is 29.0 Å². The number of amides is 1. The number of fused-ring (bicyclic) bond motifs is 7. The van der Waals surface area contributed by atoms with E-state index >= 15 is 0 Å². The Balaban J connectivity index is 1.46. The van der Waals surface area contributed by atoms with E-state index in [1.54, 1.807) is 0 Å². The number of carboxylic acid groups (broad SMARTS) is 1. The molecule has 1 amide bonds. The van der Waals surface area contributed by atoms with Crippen molar-refractivity contribution in [2.24, 2.45) is 62.6 Å². The number of hydrogen-bond donors (Lipinski definition) is 2. The summed E-state index contributed by atoms with van der Waals surface area (Å²) in [5.74, 6) is 1.83. The molecule has 0 bridgehead atoms. The molecule has 7 heteroatoms. The molecule has 2 N–H and O–H groups in total. The van der Waals surface area contributed by atoms with E-state index in [-0.39, 0.29) is 40.2 Å². The van der Waals surface area contributed by atoms with Crippen molar-refractivity contribution in [1.82, 2.24) is 5.32 Å². The molecule has 0 saturated heterocycles.